The number of anilines is 1. The summed E-state index contributed by atoms with van der Waals surface area (Å²) in [5.41, 5.74) is 1.84. The van der Waals surface area contributed by atoms with Crippen molar-refractivity contribution < 1.29 is 9.53 Å². The first kappa shape index (κ1) is 15.8. The molecule has 4 nitrogen and oxygen atoms in total. The minimum Gasteiger partial charge on any atom is -0.494 e. The molecule has 2 aromatic rings. The first-order valence-corrected chi connectivity index (χ1v) is 8.19. The van der Waals surface area contributed by atoms with Crippen molar-refractivity contribution in [1.82, 2.24) is 4.98 Å². The van der Waals surface area contributed by atoms with Gasteiger partial charge in [0.05, 0.1) is 12.3 Å². The summed E-state index contributed by atoms with van der Waals surface area (Å²) in [6.45, 7) is 2.60. The lowest BCUT2D eigenvalue weighted by Gasteiger charge is -2.03. The van der Waals surface area contributed by atoms with Gasteiger partial charge in [0.25, 0.3) is 0 Å². The molecule has 1 aromatic carbocycles. The van der Waals surface area contributed by atoms with E-state index in [1.165, 1.54) is 11.3 Å². The van der Waals surface area contributed by atoms with Crippen LogP contribution in [0.15, 0.2) is 29.6 Å². The zero-order chi connectivity index (χ0) is 15.1. The van der Waals surface area contributed by atoms with E-state index in [1.54, 1.807) is 0 Å². The Hall–Kier alpha value is -1.59. The molecule has 0 aliphatic rings. The number of alkyl halides is 1. The van der Waals surface area contributed by atoms with Gasteiger partial charge in [0.1, 0.15) is 5.75 Å². The molecule has 21 heavy (non-hydrogen) atoms. The van der Waals surface area contributed by atoms with Crippen molar-refractivity contribution in [2.45, 2.75) is 19.8 Å². The summed E-state index contributed by atoms with van der Waals surface area (Å²) in [6, 6.07) is 7.74. The van der Waals surface area contributed by atoms with Crippen LogP contribution in [0.3, 0.4) is 0 Å². The van der Waals surface area contributed by atoms with E-state index in [9.17, 15) is 4.79 Å². The van der Waals surface area contributed by atoms with Gasteiger partial charge in [-0.05, 0) is 37.6 Å². The number of aromatic nitrogens is 1. The van der Waals surface area contributed by atoms with Crippen molar-refractivity contribution in [2.75, 3.05) is 17.8 Å². The summed E-state index contributed by atoms with van der Waals surface area (Å²) < 4.78 is 5.41. The predicted molar refractivity (Wildman–Crippen MR) is 87.3 cm³/mol. The summed E-state index contributed by atoms with van der Waals surface area (Å²) in [5, 5.41) is 5.32. The molecule has 1 N–H and O–H groups in total. The first-order chi connectivity index (χ1) is 10.2. The molecule has 0 saturated heterocycles. The number of carbonyl (C=O) groups excluding carboxylic acids is 1. The lowest BCUT2D eigenvalue weighted by Crippen LogP contribution is -2.10. The summed E-state index contributed by atoms with van der Waals surface area (Å²) in [5.74, 6) is 1.28. The molecular weight excluding hydrogens is 308 g/mol. The topological polar surface area (TPSA) is 51.2 Å². The number of thiazole rings is 1. The van der Waals surface area contributed by atoms with Crippen molar-refractivity contribution in [3.05, 3.63) is 29.6 Å². The highest BCUT2D eigenvalue weighted by molar-refractivity contribution is 7.14. The van der Waals surface area contributed by atoms with Gasteiger partial charge in [-0.2, -0.15) is 0 Å². The lowest BCUT2D eigenvalue weighted by atomic mass is 10.2. The number of ether oxygens (including phenoxy) is 1. The molecule has 1 amide bonds. The Morgan fingerprint density at radius 1 is 1.38 bits per heavy atom. The Bertz CT molecular complexity index is 584. The van der Waals surface area contributed by atoms with E-state index in [0.717, 1.165) is 17.0 Å². The van der Waals surface area contributed by atoms with Crippen molar-refractivity contribution in [3.63, 3.8) is 0 Å². The molecule has 6 heteroatoms. The Kier molecular flexibility index (Phi) is 6.02. The van der Waals surface area contributed by atoms with Gasteiger partial charge in [0.2, 0.25) is 5.91 Å². The number of carbonyl (C=O) groups is 1. The number of amides is 1. The van der Waals surface area contributed by atoms with Crippen molar-refractivity contribution in [1.29, 1.82) is 0 Å². The van der Waals surface area contributed by atoms with Crippen LogP contribution >= 0.6 is 22.9 Å². The van der Waals surface area contributed by atoms with Gasteiger partial charge in [-0.3, -0.25) is 4.79 Å². The largest absolute Gasteiger partial charge is 0.494 e. The van der Waals surface area contributed by atoms with Gasteiger partial charge in [-0.15, -0.1) is 22.9 Å². The number of rotatable bonds is 7. The Labute approximate surface area is 133 Å². The van der Waals surface area contributed by atoms with Gasteiger partial charge in [-0.1, -0.05) is 0 Å². The third-order valence-corrected chi connectivity index (χ3v) is 3.77. The van der Waals surface area contributed by atoms with Gasteiger partial charge in [0, 0.05) is 23.2 Å². The normalized spacial score (nSPS) is 10.4. The second kappa shape index (κ2) is 8.00. The van der Waals surface area contributed by atoms with Crippen LogP contribution in [0.2, 0.25) is 0 Å². The standard InChI is InChI=1S/C15H17ClN2O2S/c1-2-20-12-7-5-11(6-8-12)13-10-21-15(17-13)18-14(19)4-3-9-16/h5-8,10H,2-4,9H2,1H3,(H,17,18,19). The van der Waals surface area contributed by atoms with E-state index in [1.807, 2.05) is 36.6 Å². The van der Waals surface area contributed by atoms with E-state index in [4.69, 9.17) is 16.3 Å². The molecule has 1 aromatic heterocycles. The molecule has 0 saturated carbocycles. The summed E-state index contributed by atoms with van der Waals surface area (Å²) in [4.78, 5) is 16.0. The SMILES string of the molecule is CCOc1ccc(-c2csc(NC(=O)CCCCl)n2)cc1. The molecule has 0 aliphatic carbocycles. The van der Waals surface area contributed by atoms with E-state index in [2.05, 4.69) is 10.3 Å². The van der Waals surface area contributed by atoms with E-state index < -0.39 is 0 Å². The Morgan fingerprint density at radius 3 is 2.81 bits per heavy atom. The smallest absolute Gasteiger partial charge is 0.226 e. The second-order valence-corrected chi connectivity index (χ2v) is 5.57. The minimum atomic E-state index is -0.0526. The molecular formula is C15H17ClN2O2S. The minimum absolute atomic E-state index is 0.0526. The predicted octanol–water partition coefficient (Wildman–Crippen LogP) is 4.17. The fourth-order valence-corrected chi connectivity index (χ4v) is 2.63. The highest BCUT2D eigenvalue weighted by atomic mass is 35.5. The number of halogens is 1. The van der Waals surface area contributed by atoms with Crippen molar-refractivity contribution >= 4 is 34.0 Å². The molecule has 112 valence electrons. The third-order valence-electron chi connectivity index (χ3n) is 2.75. The molecule has 0 aliphatic heterocycles. The molecule has 0 unspecified atom stereocenters. The maximum atomic E-state index is 11.6. The summed E-state index contributed by atoms with van der Waals surface area (Å²) in [7, 11) is 0. The Morgan fingerprint density at radius 2 is 2.14 bits per heavy atom. The van der Waals surface area contributed by atoms with Gasteiger partial charge in [-0.25, -0.2) is 4.98 Å². The average molecular weight is 325 g/mol. The van der Waals surface area contributed by atoms with Gasteiger partial charge < -0.3 is 10.1 Å². The number of hydrogen-bond donors (Lipinski definition) is 1. The van der Waals surface area contributed by atoms with Crippen LogP contribution in [0.1, 0.15) is 19.8 Å². The van der Waals surface area contributed by atoms with E-state index in [-0.39, 0.29) is 5.91 Å². The summed E-state index contributed by atoms with van der Waals surface area (Å²) >= 11 is 6.98. The van der Waals surface area contributed by atoms with Crippen LogP contribution in [0.4, 0.5) is 5.13 Å². The highest BCUT2D eigenvalue weighted by Gasteiger charge is 2.08. The molecule has 0 atom stereocenters. The fourth-order valence-electron chi connectivity index (χ4n) is 1.76. The molecule has 0 bridgehead atoms. The van der Waals surface area contributed by atoms with Crippen LogP contribution in [-0.4, -0.2) is 23.4 Å². The maximum absolute atomic E-state index is 11.6. The number of nitrogens with one attached hydrogen (secondary N) is 1. The number of benzene rings is 1. The van der Waals surface area contributed by atoms with Crippen molar-refractivity contribution in [3.8, 4) is 17.0 Å². The molecule has 1 heterocycles. The van der Waals surface area contributed by atoms with Crippen LogP contribution in [0, 0.1) is 0 Å². The van der Waals surface area contributed by atoms with Crippen molar-refractivity contribution in [2.24, 2.45) is 0 Å². The highest BCUT2D eigenvalue weighted by Crippen LogP contribution is 2.26. The maximum Gasteiger partial charge on any atom is 0.226 e. The van der Waals surface area contributed by atoms with Gasteiger partial charge in [0.15, 0.2) is 5.13 Å². The first-order valence-electron chi connectivity index (χ1n) is 6.77. The summed E-state index contributed by atoms with van der Waals surface area (Å²) in [6.07, 6.45) is 1.09. The third kappa shape index (κ3) is 4.72. The van der Waals surface area contributed by atoms with E-state index in [0.29, 0.717) is 30.5 Å². The van der Waals surface area contributed by atoms with E-state index >= 15 is 0 Å². The van der Waals surface area contributed by atoms with Gasteiger partial charge >= 0.3 is 0 Å². The average Bonchev–Trinajstić information content (AvgIpc) is 2.94. The number of nitrogens with zero attached hydrogens (tertiary/aromatic N) is 1. The zero-order valence-electron chi connectivity index (χ0n) is 11.8. The molecule has 0 radical (unpaired) electrons. The van der Waals surface area contributed by atoms with Crippen LogP contribution < -0.4 is 10.1 Å². The quantitative estimate of drug-likeness (QED) is 0.778. The van der Waals surface area contributed by atoms with Crippen LogP contribution in [0.25, 0.3) is 11.3 Å². The second-order valence-electron chi connectivity index (χ2n) is 4.34. The molecule has 0 fully saturated rings. The van der Waals surface area contributed by atoms with Crippen LogP contribution in [-0.2, 0) is 4.79 Å². The lowest BCUT2D eigenvalue weighted by molar-refractivity contribution is -0.116. The number of hydrogen-bond acceptors (Lipinski definition) is 4. The Balaban J connectivity index is 2.00. The zero-order valence-corrected chi connectivity index (χ0v) is 13.3. The molecule has 0 spiro atoms. The molecule has 2 rings (SSSR count). The fraction of sp³-hybridized carbons (Fsp3) is 0.333. The van der Waals surface area contributed by atoms with Crippen LogP contribution in [0.5, 0.6) is 5.75 Å². The monoisotopic (exact) mass is 324 g/mol.